The van der Waals surface area contributed by atoms with E-state index in [4.69, 9.17) is 4.74 Å². The fourth-order valence-electron chi connectivity index (χ4n) is 3.19. The van der Waals surface area contributed by atoms with E-state index in [0.717, 1.165) is 49.8 Å². The van der Waals surface area contributed by atoms with Gasteiger partial charge in [0.25, 0.3) is 0 Å². The molecule has 4 rings (SSSR count). The third kappa shape index (κ3) is 5.67. The van der Waals surface area contributed by atoms with Crippen molar-refractivity contribution in [3.63, 3.8) is 0 Å². The van der Waals surface area contributed by atoms with Crippen LogP contribution in [0.5, 0.6) is 5.75 Å². The Kier molecular flexibility index (Phi) is 6.68. The zero-order chi connectivity index (χ0) is 20.4. The van der Waals surface area contributed by atoms with Gasteiger partial charge >= 0.3 is 0 Å². The van der Waals surface area contributed by atoms with Gasteiger partial charge in [-0.15, -0.1) is 10.2 Å². The Morgan fingerprint density at radius 1 is 0.867 bits per heavy atom. The fourth-order valence-corrected chi connectivity index (χ4v) is 3.19. The molecular weight excluding hydrogens is 374 g/mol. The summed E-state index contributed by atoms with van der Waals surface area (Å²) in [6.45, 7) is 1.49. The van der Waals surface area contributed by atoms with Crippen molar-refractivity contribution in [3.8, 4) is 11.6 Å². The van der Waals surface area contributed by atoms with Gasteiger partial charge in [-0.25, -0.2) is 4.98 Å². The maximum absolute atomic E-state index is 5.93. The molecule has 0 saturated carbocycles. The molecule has 0 fully saturated rings. The topological polar surface area (TPSA) is 64.9 Å². The van der Waals surface area contributed by atoms with E-state index < -0.39 is 0 Å². The zero-order valence-corrected chi connectivity index (χ0v) is 16.8. The number of aryl methyl sites for hydroxylation is 1. The van der Waals surface area contributed by atoms with Gasteiger partial charge in [-0.05, 0) is 54.7 Å². The number of nitrogens with one attached hydrogen (secondary N) is 1. The summed E-state index contributed by atoms with van der Waals surface area (Å²) in [5.74, 6) is 2.42. The van der Waals surface area contributed by atoms with Crippen LogP contribution in [0.25, 0.3) is 5.82 Å². The summed E-state index contributed by atoms with van der Waals surface area (Å²) < 4.78 is 7.75. The molecule has 0 saturated heterocycles. The highest BCUT2D eigenvalue weighted by Gasteiger charge is 2.01. The third-order valence-electron chi connectivity index (χ3n) is 4.76. The van der Waals surface area contributed by atoms with Crippen LogP contribution in [0.2, 0.25) is 0 Å². The minimum Gasteiger partial charge on any atom is -0.494 e. The molecule has 0 bridgehead atoms. The quantitative estimate of drug-likeness (QED) is 0.402. The van der Waals surface area contributed by atoms with Gasteiger partial charge in [0.15, 0.2) is 5.82 Å². The first-order valence-corrected chi connectivity index (χ1v) is 10.2. The Hall–Kier alpha value is -3.67. The van der Waals surface area contributed by atoms with Crippen molar-refractivity contribution in [3.05, 3.63) is 96.6 Å². The standard InChI is InChI=1S/C24H25N5O/c1-2-6-20(7-3-1)9-5-17-30-22-10-4-8-21(18-22)13-14-26-23-11-12-24(28-27-23)29-16-15-25-19-29/h1-4,6-8,10-12,15-16,18-19H,5,9,13-14,17H2,(H,26,27). The van der Waals surface area contributed by atoms with Crippen LogP contribution in [-0.4, -0.2) is 32.9 Å². The lowest BCUT2D eigenvalue weighted by molar-refractivity contribution is 0.311. The van der Waals surface area contributed by atoms with Crippen LogP contribution < -0.4 is 10.1 Å². The van der Waals surface area contributed by atoms with E-state index in [0.29, 0.717) is 0 Å². The highest BCUT2D eigenvalue weighted by atomic mass is 16.5. The van der Waals surface area contributed by atoms with Crippen molar-refractivity contribution >= 4 is 5.82 Å². The molecule has 30 heavy (non-hydrogen) atoms. The van der Waals surface area contributed by atoms with E-state index in [-0.39, 0.29) is 0 Å². The number of ether oxygens (including phenoxy) is 1. The first kappa shape index (κ1) is 19.6. The highest BCUT2D eigenvalue weighted by molar-refractivity contribution is 5.37. The maximum atomic E-state index is 5.93. The molecule has 6 nitrogen and oxygen atoms in total. The van der Waals surface area contributed by atoms with E-state index in [1.54, 1.807) is 12.5 Å². The first-order valence-electron chi connectivity index (χ1n) is 10.2. The van der Waals surface area contributed by atoms with Gasteiger partial charge in [0, 0.05) is 18.9 Å². The molecule has 0 unspecified atom stereocenters. The van der Waals surface area contributed by atoms with Gasteiger partial charge < -0.3 is 10.1 Å². The number of nitrogens with zero attached hydrogens (tertiary/aromatic N) is 4. The van der Waals surface area contributed by atoms with Gasteiger partial charge in [0.2, 0.25) is 0 Å². The Morgan fingerprint density at radius 2 is 1.77 bits per heavy atom. The summed E-state index contributed by atoms with van der Waals surface area (Å²) in [5.41, 5.74) is 2.58. The second kappa shape index (κ2) is 10.2. The normalized spacial score (nSPS) is 10.7. The fraction of sp³-hybridized carbons (Fsp3) is 0.208. The maximum Gasteiger partial charge on any atom is 0.160 e. The molecule has 2 aromatic carbocycles. The summed E-state index contributed by atoms with van der Waals surface area (Å²) in [4.78, 5) is 4.02. The predicted molar refractivity (Wildman–Crippen MR) is 118 cm³/mol. The Morgan fingerprint density at radius 3 is 2.57 bits per heavy atom. The number of rotatable bonds is 10. The summed E-state index contributed by atoms with van der Waals surface area (Å²) in [7, 11) is 0. The van der Waals surface area contributed by atoms with Crippen LogP contribution in [0.15, 0.2) is 85.5 Å². The van der Waals surface area contributed by atoms with Crippen LogP contribution in [0.1, 0.15) is 17.5 Å². The predicted octanol–water partition coefficient (Wildman–Crippen LogP) is 4.33. The lowest BCUT2D eigenvalue weighted by Gasteiger charge is -2.09. The van der Waals surface area contributed by atoms with E-state index >= 15 is 0 Å². The molecule has 0 spiro atoms. The zero-order valence-electron chi connectivity index (χ0n) is 16.8. The van der Waals surface area contributed by atoms with Crippen molar-refractivity contribution in [2.45, 2.75) is 19.3 Å². The molecule has 1 N–H and O–H groups in total. The number of benzene rings is 2. The molecule has 0 atom stereocenters. The Labute approximate surface area is 176 Å². The molecular formula is C24H25N5O. The highest BCUT2D eigenvalue weighted by Crippen LogP contribution is 2.15. The second-order valence-corrected chi connectivity index (χ2v) is 7.01. The van der Waals surface area contributed by atoms with Crippen molar-refractivity contribution in [1.29, 1.82) is 0 Å². The molecule has 6 heteroatoms. The number of anilines is 1. The van der Waals surface area contributed by atoms with E-state index in [1.165, 1.54) is 11.1 Å². The lowest BCUT2D eigenvalue weighted by atomic mass is 10.1. The minimum absolute atomic E-state index is 0.718. The van der Waals surface area contributed by atoms with Gasteiger partial charge in [-0.3, -0.25) is 4.57 Å². The molecule has 0 aliphatic heterocycles. The van der Waals surface area contributed by atoms with Gasteiger partial charge in [-0.1, -0.05) is 42.5 Å². The second-order valence-electron chi connectivity index (χ2n) is 7.01. The van der Waals surface area contributed by atoms with Crippen LogP contribution >= 0.6 is 0 Å². The molecule has 4 aromatic rings. The van der Waals surface area contributed by atoms with Crippen molar-refractivity contribution in [2.24, 2.45) is 0 Å². The Balaban J connectivity index is 1.20. The van der Waals surface area contributed by atoms with E-state index in [1.807, 2.05) is 41.1 Å². The molecule has 0 amide bonds. The van der Waals surface area contributed by atoms with E-state index in [2.05, 4.69) is 56.9 Å². The molecule has 0 aliphatic carbocycles. The summed E-state index contributed by atoms with van der Waals surface area (Å²) >= 11 is 0. The minimum atomic E-state index is 0.718. The van der Waals surface area contributed by atoms with Crippen molar-refractivity contribution in [2.75, 3.05) is 18.5 Å². The summed E-state index contributed by atoms with van der Waals surface area (Å²) in [6.07, 6.45) is 8.18. The van der Waals surface area contributed by atoms with Crippen molar-refractivity contribution in [1.82, 2.24) is 19.7 Å². The van der Waals surface area contributed by atoms with Crippen LogP contribution in [0.3, 0.4) is 0 Å². The van der Waals surface area contributed by atoms with Crippen LogP contribution in [0, 0.1) is 0 Å². The number of imidazole rings is 1. The van der Waals surface area contributed by atoms with Gasteiger partial charge in [-0.2, -0.15) is 0 Å². The summed E-state index contributed by atoms with van der Waals surface area (Å²) in [5, 5.41) is 11.8. The van der Waals surface area contributed by atoms with Crippen molar-refractivity contribution < 1.29 is 4.74 Å². The number of aromatic nitrogens is 4. The average Bonchev–Trinajstić information content (AvgIpc) is 3.33. The van der Waals surface area contributed by atoms with E-state index in [9.17, 15) is 0 Å². The molecule has 0 aliphatic rings. The molecule has 2 heterocycles. The number of hydrogen-bond acceptors (Lipinski definition) is 5. The average molecular weight is 399 g/mol. The summed E-state index contributed by atoms with van der Waals surface area (Å²) in [6, 6.07) is 22.6. The van der Waals surface area contributed by atoms with Crippen LogP contribution in [0.4, 0.5) is 5.82 Å². The third-order valence-corrected chi connectivity index (χ3v) is 4.76. The first-order chi connectivity index (χ1) is 14.9. The molecule has 0 radical (unpaired) electrons. The molecule has 152 valence electrons. The number of hydrogen-bond donors (Lipinski definition) is 1. The molecule has 2 aromatic heterocycles. The smallest absolute Gasteiger partial charge is 0.160 e. The van der Waals surface area contributed by atoms with Gasteiger partial charge in [0.1, 0.15) is 17.9 Å². The monoisotopic (exact) mass is 399 g/mol. The van der Waals surface area contributed by atoms with Crippen LogP contribution in [-0.2, 0) is 12.8 Å². The SMILES string of the molecule is c1ccc(CCCOc2cccc(CCNc3ccc(-n4ccnc4)nn3)c2)cc1. The lowest BCUT2D eigenvalue weighted by Crippen LogP contribution is -2.08. The Bertz CT molecular complexity index is 1020. The van der Waals surface area contributed by atoms with Gasteiger partial charge in [0.05, 0.1) is 6.61 Å². The largest absolute Gasteiger partial charge is 0.494 e.